The van der Waals surface area contributed by atoms with Gasteiger partial charge >= 0.3 is 11.7 Å². The molecule has 0 radical (unpaired) electrons. The molecule has 0 saturated carbocycles. The molecule has 6 heteroatoms. The number of hydrogen-bond acceptors (Lipinski definition) is 5. The highest BCUT2D eigenvalue weighted by Gasteiger charge is 2.31. The molecular weight excluding hydrogens is 382 g/mol. The summed E-state index contributed by atoms with van der Waals surface area (Å²) in [6.45, 7) is 0.228. The van der Waals surface area contributed by atoms with Gasteiger partial charge in [0.1, 0.15) is 18.1 Å². The van der Waals surface area contributed by atoms with Crippen molar-refractivity contribution < 1.29 is 28.9 Å². The molecule has 0 unspecified atom stereocenters. The van der Waals surface area contributed by atoms with E-state index in [0.29, 0.717) is 22.3 Å². The van der Waals surface area contributed by atoms with Crippen LogP contribution in [0, 0.1) is 0 Å². The van der Waals surface area contributed by atoms with Crippen molar-refractivity contribution in [2.24, 2.45) is 0 Å². The lowest BCUT2D eigenvalue weighted by Gasteiger charge is -2.11. The van der Waals surface area contributed by atoms with Crippen LogP contribution in [-0.2, 0) is 11.3 Å². The van der Waals surface area contributed by atoms with E-state index in [-0.39, 0.29) is 18.1 Å². The quantitative estimate of drug-likeness (QED) is 0.292. The van der Waals surface area contributed by atoms with Gasteiger partial charge in [0.25, 0.3) is 0 Å². The Kier molecular flexibility index (Phi) is 5.48. The van der Waals surface area contributed by atoms with Crippen LogP contribution in [0.5, 0.6) is 17.2 Å². The van der Waals surface area contributed by atoms with Crippen molar-refractivity contribution in [3.05, 3.63) is 96.3 Å². The second-order valence-corrected chi connectivity index (χ2v) is 6.58. The molecule has 1 heterocycles. The van der Waals surface area contributed by atoms with Crippen molar-refractivity contribution >= 4 is 16.7 Å². The zero-order valence-electron chi connectivity index (χ0n) is 16.3. The predicted molar refractivity (Wildman–Crippen MR) is 110 cm³/mol. The second-order valence-electron chi connectivity index (χ2n) is 6.58. The van der Waals surface area contributed by atoms with Crippen molar-refractivity contribution in [1.82, 2.24) is 0 Å². The SMILES string of the molecule is COC(=O)c1c(OCc2ccccc2)c2ccc(Oc3ccccc3)cc2c[n+]1O. The molecule has 0 spiro atoms. The first-order valence-corrected chi connectivity index (χ1v) is 9.35. The van der Waals surface area contributed by atoms with E-state index in [1.165, 1.54) is 13.3 Å². The van der Waals surface area contributed by atoms with Crippen molar-refractivity contribution in [2.45, 2.75) is 6.61 Å². The Morgan fingerprint density at radius 2 is 1.63 bits per heavy atom. The van der Waals surface area contributed by atoms with Gasteiger partial charge in [-0.25, -0.2) is 4.79 Å². The fourth-order valence-electron chi connectivity index (χ4n) is 3.13. The van der Waals surface area contributed by atoms with Gasteiger partial charge in [-0.3, -0.25) is 5.21 Å². The molecule has 4 rings (SSSR count). The second kappa shape index (κ2) is 8.53. The van der Waals surface area contributed by atoms with E-state index >= 15 is 0 Å². The normalized spacial score (nSPS) is 10.6. The smallest absolute Gasteiger partial charge is 0.412 e. The van der Waals surface area contributed by atoms with Gasteiger partial charge in [-0.1, -0.05) is 48.5 Å². The zero-order valence-corrected chi connectivity index (χ0v) is 16.3. The maximum absolute atomic E-state index is 12.3. The van der Waals surface area contributed by atoms with Gasteiger partial charge in [0.2, 0.25) is 11.9 Å². The van der Waals surface area contributed by atoms with Crippen LogP contribution in [0.4, 0.5) is 0 Å². The molecule has 0 bridgehead atoms. The topological polar surface area (TPSA) is 68.9 Å². The van der Waals surface area contributed by atoms with E-state index in [2.05, 4.69) is 0 Å². The number of hydrogen-bond donors (Lipinski definition) is 1. The Balaban J connectivity index is 1.75. The number of carbonyl (C=O) groups excluding carboxylic acids is 1. The highest BCUT2D eigenvalue weighted by atomic mass is 16.5. The van der Waals surface area contributed by atoms with Crippen LogP contribution in [0.25, 0.3) is 10.8 Å². The number of fused-ring (bicyclic) bond motifs is 1. The molecular formula is C24H20NO5+. The molecule has 1 N–H and O–H groups in total. The largest absolute Gasteiger partial charge is 0.481 e. The number of pyridine rings is 1. The van der Waals surface area contributed by atoms with E-state index in [0.717, 1.165) is 10.3 Å². The summed E-state index contributed by atoms with van der Waals surface area (Å²) in [5, 5.41) is 11.8. The zero-order chi connectivity index (χ0) is 20.9. The third-order valence-corrected chi connectivity index (χ3v) is 4.56. The molecule has 150 valence electrons. The summed E-state index contributed by atoms with van der Waals surface area (Å²) in [7, 11) is 1.25. The average molecular weight is 402 g/mol. The summed E-state index contributed by atoms with van der Waals surface area (Å²) in [6, 6.07) is 24.3. The highest BCUT2D eigenvalue weighted by molar-refractivity contribution is 5.97. The molecule has 0 aliphatic rings. The minimum atomic E-state index is -0.702. The van der Waals surface area contributed by atoms with Gasteiger partial charge in [0.15, 0.2) is 0 Å². The summed E-state index contributed by atoms with van der Waals surface area (Å²) in [4.78, 5) is 12.3. The van der Waals surface area contributed by atoms with E-state index in [1.807, 2.05) is 60.7 Å². The van der Waals surface area contributed by atoms with Crippen LogP contribution >= 0.6 is 0 Å². The Bertz CT molecular complexity index is 1180. The highest BCUT2D eigenvalue weighted by Crippen LogP contribution is 2.32. The summed E-state index contributed by atoms with van der Waals surface area (Å²) < 4.78 is 17.4. The summed E-state index contributed by atoms with van der Waals surface area (Å²) in [5.74, 6) is 0.818. The van der Waals surface area contributed by atoms with Crippen molar-refractivity contribution in [2.75, 3.05) is 7.11 Å². The van der Waals surface area contributed by atoms with Crippen LogP contribution in [0.2, 0.25) is 0 Å². The lowest BCUT2D eigenvalue weighted by atomic mass is 10.1. The number of ether oxygens (including phenoxy) is 3. The lowest BCUT2D eigenvalue weighted by molar-refractivity contribution is -0.905. The molecule has 6 nitrogen and oxygen atoms in total. The van der Waals surface area contributed by atoms with Crippen molar-refractivity contribution in [3.8, 4) is 17.2 Å². The van der Waals surface area contributed by atoms with Crippen LogP contribution in [0.3, 0.4) is 0 Å². The number of aromatic nitrogens is 1. The van der Waals surface area contributed by atoms with Gasteiger partial charge in [0.05, 0.1) is 12.5 Å². The molecule has 1 aromatic heterocycles. The fourth-order valence-corrected chi connectivity index (χ4v) is 3.13. The molecule has 30 heavy (non-hydrogen) atoms. The number of benzene rings is 3. The molecule has 0 aliphatic carbocycles. The molecule has 0 atom stereocenters. The maximum atomic E-state index is 12.3. The molecule has 0 amide bonds. The molecule has 0 saturated heterocycles. The Hall–Kier alpha value is -4.06. The van der Waals surface area contributed by atoms with Crippen molar-refractivity contribution in [3.63, 3.8) is 0 Å². The minimum absolute atomic E-state index is 0.0855. The number of carbonyl (C=O) groups is 1. The number of methoxy groups -OCH3 is 1. The lowest BCUT2D eigenvalue weighted by Crippen LogP contribution is -2.38. The Morgan fingerprint density at radius 1 is 0.933 bits per heavy atom. The number of rotatable bonds is 6. The number of esters is 1. The van der Waals surface area contributed by atoms with Crippen LogP contribution in [0.1, 0.15) is 16.1 Å². The van der Waals surface area contributed by atoms with Crippen molar-refractivity contribution in [1.29, 1.82) is 0 Å². The van der Waals surface area contributed by atoms with Crippen LogP contribution in [0.15, 0.2) is 85.1 Å². The van der Waals surface area contributed by atoms with Gasteiger partial charge < -0.3 is 14.2 Å². The van der Waals surface area contributed by atoms with Gasteiger partial charge in [0, 0.05) is 10.1 Å². The van der Waals surface area contributed by atoms with Crippen LogP contribution < -0.4 is 14.2 Å². The van der Waals surface area contributed by atoms with E-state index in [4.69, 9.17) is 14.2 Å². The van der Waals surface area contributed by atoms with Gasteiger partial charge in [-0.2, -0.15) is 0 Å². The first-order chi connectivity index (χ1) is 14.7. The first kappa shape index (κ1) is 19.3. The standard InChI is InChI=1S/C24H20NO5/c1-28-24(26)22-23(29-16-17-8-4-2-5-9-17)21-13-12-20(14-18(21)15-25(22)27)30-19-10-6-3-7-11-19/h2-15,27H,16H2,1H3/q+1. The fraction of sp³-hybridized carbons (Fsp3) is 0.0833. The Labute approximate surface area is 173 Å². The average Bonchev–Trinajstić information content (AvgIpc) is 2.78. The van der Waals surface area contributed by atoms with E-state index in [1.54, 1.807) is 18.2 Å². The number of para-hydroxylation sites is 1. The Morgan fingerprint density at radius 3 is 2.33 bits per heavy atom. The minimum Gasteiger partial charge on any atom is -0.481 e. The number of nitrogens with zero attached hydrogens (tertiary/aromatic N) is 1. The summed E-state index contributed by atoms with van der Waals surface area (Å²) in [5.41, 5.74) is 0.844. The molecule has 0 fully saturated rings. The van der Waals surface area contributed by atoms with E-state index in [9.17, 15) is 10.0 Å². The maximum Gasteiger partial charge on any atom is 0.412 e. The first-order valence-electron chi connectivity index (χ1n) is 9.35. The third-order valence-electron chi connectivity index (χ3n) is 4.56. The summed E-state index contributed by atoms with van der Waals surface area (Å²) in [6.07, 6.45) is 1.43. The summed E-state index contributed by atoms with van der Waals surface area (Å²) >= 11 is 0. The van der Waals surface area contributed by atoms with Crippen LogP contribution in [-0.4, -0.2) is 18.3 Å². The molecule has 0 aliphatic heterocycles. The molecule has 3 aromatic carbocycles. The van der Waals surface area contributed by atoms with Gasteiger partial charge in [-0.15, -0.1) is 0 Å². The third kappa shape index (κ3) is 4.03. The predicted octanol–water partition coefficient (Wildman–Crippen LogP) is 4.52. The monoisotopic (exact) mass is 402 g/mol. The van der Waals surface area contributed by atoms with Gasteiger partial charge in [-0.05, 0) is 35.9 Å². The molecule has 4 aromatic rings. The van der Waals surface area contributed by atoms with E-state index < -0.39 is 5.97 Å².